The molecule has 136 valence electrons. The summed E-state index contributed by atoms with van der Waals surface area (Å²) in [6.07, 6.45) is 2.40. The first-order valence-electron chi connectivity index (χ1n) is 8.06. The van der Waals surface area contributed by atoms with Crippen molar-refractivity contribution in [1.82, 2.24) is 14.5 Å². The van der Waals surface area contributed by atoms with Gasteiger partial charge in [-0.25, -0.2) is 17.9 Å². The highest BCUT2D eigenvalue weighted by atomic mass is 32.2. The van der Waals surface area contributed by atoms with Crippen molar-refractivity contribution in [3.05, 3.63) is 47.3 Å². The summed E-state index contributed by atoms with van der Waals surface area (Å²) in [5.74, 6) is -0.852. The lowest BCUT2D eigenvalue weighted by molar-refractivity contribution is 0.0680. The fraction of sp³-hybridized carbons (Fsp3) is 0.412. The predicted octanol–water partition coefficient (Wildman–Crippen LogP) is 2.15. The van der Waals surface area contributed by atoms with Gasteiger partial charge in [0, 0.05) is 13.6 Å². The molecular weight excluding hydrogens is 342 g/mol. The molecule has 0 atom stereocenters. The molecule has 0 aliphatic carbocycles. The van der Waals surface area contributed by atoms with E-state index in [-0.39, 0.29) is 17.1 Å². The van der Waals surface area contributed by atoms with E-state index in [4.69, 9.17) is 5.11 Å². The minimum atomic E-state index is -3.90. The minimum absolute atomic E-state index is 0.224. The van der Waals surface area contributed by atoms with E-state index in [9.17, 15) is 13.2 Å². The maximum atomic E-state index is 12.3. The summed E-state index contributed by atoms with van der Waals surface area (Å²) in [7, 11) is -2.51. The number of carbonyl (C=O) groups is 1. The number of aryl methyl sites for hydroxylation is 2. The molecule has 0 saturated heterocycles. The maximum Gasteiger partial charge on any atom is 0.355 e. The fourth-order valence-corrected chi connectivity index (χ4v) is 3.73. The van der Waals surface area contributed by atoms with Crippen molar-refractivity contribution in [2.75, 3.05) is 6.54 Å². The Hall–Kier alpha value is -2.19. The van der Waals surface area contributed by atoms with E-state index in [1.807, 2.05) is 12.1 Å². The molecule has 0 amide bonds. The first-order chi connectivity index (χ1) is 11.7. The molecule has 0 radical (unpaired) electrons. The number of aromatic nitrogens is 2. The summed E-state index contributed by atoms with van der Waals surface area (Å²) in [6.45, 7) is 4.49. The number of sulfonamides is 1. The number of benzene rings is 1. The molecule has 0 aliphatic heterocycles. The number of hydrogen-bond donors (Lipinski definition) is 2. The molecule has 0 bridgehead atoms. The van der Waals surface area contributed by atoms with E-state index < -0.39 is 16.0 Å². The third kappa shape index (κ3) is 4.67. The molecule has 25 heavy (non-hydrogen) atoms. The van der Waals surface area contributed by atoms with Gasteiger partial charge >= 0.3 is 5.97 Å². The van der Waals surface area contributed by atoms with Crippen LogP contribution in [0.1, 0.15) is 47.8 Å². The number of carboxylic acid groups (broad SMARTS) is 1. The van der Waals surface area contributed by atoms with Gasteiger partial charge in [-0.1, -0.05) is 38.1 Å². The average molecular weight is 365 g/mol. The lowest BCUT2D eigenvalue weighted by atomic mass is 10.0. The van der Waals surface area contributed by atoms with Crippen molar-refractivity contribution in [2.45, 2.75) is 37.5 Å². The van der Waals surface area contributed by atoms with E-state index in [2.05, 4.69) is 35.8 Å². The van der Waals surface area contributed by atoms with Crippen LogP contribution in [-0.4, -0.2) is 35.8 Å². The standard InChI is InChI=1S/C17H23N3O4S/c1-12(2)14-8-6-13(7-9-14)5-4-10-19-25(23,24)15-11-18-20(3)16(15)17(21)22/h6-9,11-12,19H,4-5,10H2,1-3H3,(H,21,22). The number of aromatic carboxylic acids is 1. The van der Waals surface area contributed by atoms with Crippen LogP contribution in [0, 0.1) is 0 Å². The number of nitrogens with zero attached hydrogens (tertiary/aromatic N) is 2. The third-order valence-corrected chi connectivity index (χ3v) is 5.44. The SMILES string of the molecule is CC(C)c1ccc(CCCNS(=O)(=O)c2cnn(C)c2C(=O)O)cc1. The number of rotatable bonds is 8. The highest BCUT2D eigenvalue weighted by Gasteiger charge is 2.26. The summed E-state index contributed by atoms with van der Waals surface area (Å²) < 4.78 is 28.0. The Balaban J connectivity index is 1.94. The van der Waals surface area contributed by atoms with Crippen LogP contribution >= 0.6 is 0 Å². The number of carboxylic acids is 1. The molecule has 0 saturated carbocycles. The van der Waals surface area contributed by atoms with Gasteiger partial charge in [0.05, 0.1) is 6.20 Å². The van der Waals surface area contributed by atoms with Crippen LogP contribution in [0.25, 0.3) is 0 Å². The summed E-state index contributed by atoms with van der Waals surface area (Å²) in [5, 5.41) is 12.8. The summed E-state index contributed by atoms with van der Waals surface area (Å²) in [4.78, 5) is 10.9. The quantitative estimate of drug-likeness (QED) is 0.698. The van der Waals surface area contributed by atoms with E-state index >= 15 is 0 Å². The second kappa shape index (κ2) is 7.79. The normalized spacial score (nSPS) is 11.8. The van der Waals surface area contributed by atoms with Crippen LogP contribution in [0.5, 0.6) is 0 Å². The summed E-state index contributed by atoms with van der Waals surface area (Å²) in [5.41, 5.74) is 2.05. The molecule has 2 aromatic rings. The maximum absolute atomic E-state index is 12.3. The van der Waals surface area contributed by atoms with Crippen molar-refractivity contribution in [2.24, 2.45) is 7.05 Å². The van der Waals surface area contributed by atoms with E-state index in [1.54, 1.807) is 0 Å². The molecule has 1 aromatic heterocycles. The van der Waals surface area contributed by atoms with Gasteiger partial charge < -0.3 is 5.11 Å². The van der Waals surface area contributed by atoms with Gasteiger partial charge in [0.25, 0.3) is 0 Å². The Kier molecular flexibility index (Phi) is 5.97. The molecular formula is C17H23N3O4S. The van der Waals surface area contributed by atoms with Crippen LogP contribution in [0.15, 0.2) is 35.4 Å². The molecule has 0 unspecified atom stereocenters. The van der Waals surface area contributed by atoms with Crippen LogP contribution in [0.2, 0.25) is 0 Å². The molecule has 0 aliphatic rings. The molecule has 7 nitrogen and oxygen atoms in total. The number of hydrogen-bond acceptors (Lipinski definition) is 4. The second-order valence-corrected chi connectivity index (χ2v) is 7.92. The molecule has 0 fully saturated rings. The Morgan fingerprint density at radius 1 is 1.28 bits per heavy atom. The first-order valence-corrected chi connectivity index (χ1v) is 9.54. The second-order valence-electron chi connectivity index (χ2n) is 6.18. The van der Waals surface area contributed by atoms with E-state index in [0.717, 1.165) is 22.9 Å². The zero-order chi connectivity index (χ0) is 18.6. The monoisotopic (exact) mass is 365 g/mol. The lowest BCUT2D eigenvalue weighted by Crippen LogP contribution is -2.26. The van der Waals surface area contributed by atoms with Crippen LogP contribution in [0.3, 0.4) is 0 Å². The predicted molar refractivity (Wildman–Crippen MR) is 94.2 cm³/mol. The highest BCUT2D eigenvalue weighted by molar-refractivity contribution is 7.89. The summed E-state index contributed by atoms with van der Waals surface area (Å²) >= 11 is 0. The van der Waals surface area contributed by atoms with Crippen molar-refractivity contribution < 1.29 is 18.3 Å². The Morgan fingerprint density at radius 3 is 2.48 bits per heavy atom. The lowest BCUT2D eigenvalue weighted by Gasteiger charge is -2.08. The molecule has 2 rings (SSSR count). The molecule has 1 heterocycles. The summed E-state index contributed by atoms with van der Waals surface area (Å²) in [6, 6.07) is 8.26. The molecule has 8 heteroatoms. The van der Waals surface area contributed by atoms with Crippen LogP contribution < -0.4 is 4.72 Å². The van der Waals surface area contributed by atoms with Gasteiger partial charge in [-0.2, -0.15) is 5.10 Å². The van der Waals surface area contributed by atoms with Gasteiger partial charge in [0.2, 0.25) is 10.0 Å². The van der Waals surface area contributed by atoms with Gasteiger partial charge in [0.15, 0.2) is 5.69 Å². The van der Waals surface area contributed by atoms with E-state index in [0.29, 0.717) is 12.3 Å². The van der Waals surface area contributed by atoms with Crippen LogP contribution in [-0.2, 0) is 23.5 Å². The van der Waals surface area contributed by atoms with E-state index in [1.165, 1.54) is 12.6 Å². The smallest absolute Gasteiger partial charge is 0.355 e. The minimum Gasteiger partial charge on any atom is -0.476 e. The zero-order valence-electron chi connectivity index (χ0n) is 14.6. The van der Waals surface area contributed by atoms with Crippen molar-refractivity contribution in [3.63, 3.8) is 0 Å². The van der Waals surface area contributed by atoms with Crippen molar-refractivity contribution >= 4 is 16.0 Å². The van der Waals surface area contributed by atoms with Gasteiger partial charge in [-0.15, -0.1) is 0 Å². The van der Waals surface area contributed by atoms with Gasteiger partial charge in [-0.05, 0) is 29.9 Å². The van der Waals surface area contributed by atoms with Gasteiger partial charge in [-0.3, -0.25) is 4.68 Å². The fourth-order valence-electron chi connectivity index (χ4n) is 2.50. The first kappa shape index (κ1) is 19.1. The Bertz CT molecular complexity index is 839. The highest BCUT2D eigenvalue weighted by Crippen LogP contribution is 2.16. The zero-order valence-corrected chi connectivity index (χ0v) is 15.4. The van der Waals surface area contributed by atoms with Crippen molar-refractivity contribution in [3.8, 4) is 0 Å². The van der Waals surface area contributed by atoms with Crippen LogP contribution in [0.4, 0.5) is 0 Å². The average Bonchev–Trinajstić information content (AvgIpc) is 2.95. The molecule has 1 aromatic carbocycles. The Labute approximate surface area is 147 Å². The van der Waals surface area contributed by atoms with Gasteiger partial charge in [0.1, 0.15) is 4.90 Å². The third-order valence-electron chi connectivity index (χ3n) is 3.98. The van der Waals surface area contributed by atoms with Crippen molar-refractivity contribution in [1.29, 1.82) is 0 Å². The topological polar surface area (TPSA) is 101 Å². The molecule has 0 spiro atoms. The number of nitrogens with one attached hydrogen (secondary N) is 1. The molecule has 2 N–H and O–H groups in total. The largest absolute Gasteiger partial charge is 0.476 e. The Morgan fingerprint density at radius 2 is 1.92 bits per heavy atom.